The van der Waals surface area contributed by atoms with Gasteiger partial charge >= 0.3 is 6.61 Å². The first-order valence-electron chi connectivity index (χ1n) is 5.32. The van der Waals surface area contributed by atoms with Crippen LogP contribution in [0.25, 0.3) is 0 Å². The average Bonchev–Trinajstić information content (AvgIpc) is 2.79. The molecule has 0 saturated carbocycles. The Bertz CT molecular complexity index is 589. The SMILES string of the molecule is CS(=O)c1nncn1Cc1ccccc1OC(F)F. The maximum Gasteiger partial charge on any atom is 0.387 e. The van der Waals surface area contributed by atoms with Crippen molar-refractivity contribution in [1.82, 2.24) is 14.8 Å². The van der Waals surface area contributed by atoms with E-state index in [1.807, 2.05) is 0 Å². The summed E-state index contributed by atoms with van der Waals surface area (Å²) in [7, 11) is -1.30. The van der Waals surface area contributed by atoms with Gasteiger partial charge in [-0.05, 0) is 6.07 Å². The predicted octanol–water partition coefficient (Wildman–Crippen LogP) is 1.67. The Morgan fingerprint density at radius 3 is 2.84 bits per heavy atom. The molecular weight excluding hydrogens is 276 g/mol. The lowest BCUT2D eigenvalue weighted by atomic mass is 10.2. The zero-order valence-corrected chi connectivity index (χ0v) is 10.8. The van der Waals surface area contributed by atoms with Gasteiger partial charge in [0.2, 0.25) is 5.16 Å². The molecule has 19 heavy (non-hydrogen) atoms. The van der Waals surface area contributed by atoms with Crippen molar-refractivity contribution in [3.63, 3.8) is 0 Å². The average molecular weight is 287 g/mol. The number of hydrogen-bond acceptors (Lipinski definition) is 4. The Morgan fingerprint density at radius 2 is 2.16 bits per heavy atom. The molecule has 0 radical (unpaired) electrons. The molecule has 0 N–H and O–H groups in total. The second-order valence-electron chi connectivity index (χ2n) is 3.68. The lowest BCUT2D eigenvalue weighted by molar-refractivity contribution is -0.0505. The second-order valence-corrected chi connectivity index (χ2v) is 4.96. The monoisotopic (exact) mass is 287 g/mol. The molecule has 0 aliphatic carbocycles. The van der Waals surface area contributed by atoms with Crippen LogP contribution < -0.4 is 4.74 Å². The van der Waals surface area contributed by atoms with Gasteiger partial charge in [-0.1, -0.05) is 18.2 Å². The van der Waals surface area contributed by atoms with Gasteiger partial charge in [0.15, 0.2) is 0 Å². The molecule has 1 unspecified atom stereocenters. The standard InChI is InChI=1S/C11H11F2N3O2S/c1-19(17)11-15-14-7-16(11)6-8-4-2-3-5-9(8)18-10(12)13/h2-5,7,10H,6H2,1H3. The number of halogens is 2. The fourth-order valence-electron chi connectivity index (χ4n) is 1.60. The number of benzene rings is 1. The number of para-hydroxylation sites is 1. The van der Waals surface area contributed by atoms with Crippen molar-refractivity contribution in [2.75, 3.05) is 6.26 Å². The van der Waals surface area contributed by atoms with E-state index in [4.69, 9.17) is 0 Å². The zero-order valence-electron chi connectivity index (χ0n) is 9.99. The lowest BCUT2D eigenvalue weighted by Gasteiger charge is -2.11. The first-order chi connectivity index (χ1) is 9.08. The van der Waals surface area contributed by atoms with Crippen LogP contribution in [0.15, 0.2) is 35.7 Å². The number of hydrogen-bond donors (Lipinski definition) is 0. The van der Waals surface area contributed by atoms with Crippen molar-refractivity contribution in [3.05, 3.63) is 36.2 Å². The van der Waals surface area contributed by atoms with Gasteiger partial charge in [0.25, 0.3) is 0 Å². The first kappa shape index (κ1) is 13.6. The van der Waals surface area contributed by atoms with Crippen molar-refractivity contribution in [3.8, 4) is 5.75 Å². The van der Waals surface area contributed by atoms with Crippen LogP contribution in [-0.4, -0.2) is 31.8 Å². The van der Waals surface area contributed by atoms with Gasteiger partial charge in [-0.15, -0.1) is 10.2 Å². The minimum absolute atomic E-state index is 0.0824. The van der Waals surface area contributed by atoms with Gasteiger partial charge in [-0.25, -0.2) is 0 Å². The van der Waals surface area contributed by atoms with Crippen molar-refractivity contribution in [2.45, 2.75) is 18.3 Å². The molecule has 0 spiro atoms. The highest BCUT2D eigenvalue weighted by atomic mass is 32.2. The molecule has 0 saturated heterocycles. The largest absolute Gasteiger partial charge is 0.434 e. The summed E-state index contributed by atoms with van der Waals surface area (Å²) < 4.78 is 41.9. The number of ether oxygens (including phenoxy) is 1. The van der Waals surface area contributed by atoms with Gasteiger partial charge in [0.1, 0.15) is 12.1 Å². The third-order valence-corrected chi connectivity index (χ3v) is 3.20. The molecule has 1 atom stereocenters. The quantitative estimate of drug-likeness (QED) is 0.839. The molecule has 0 aliphatic heterocycles. The van der Waals surface area contributed by atoms with Crippen molar-refractivity contribution in [1.29, 1.82) is 0 Å². The third kappa shape index (κ3) is 3.34. The van der Waals surface area contributed by atoms with E-state index in [0.29, 0.717) is 5.56 Å². The molecule has 0 fully saturated rings. The molecule has 0 amide bonds. The van der Waals surface area contributed by atoms with Crippen molar-refractivity contribution >= 4 is 10.8 Å². The number of aromatic nitrogens is 3. The van der Waals surface area contributed by atoms with Gasteiger partial charge in [0, 0.05) is 11.8 Å². The summed E-state index contributed by atoms with van der Waals surface area (Å²) in [6, 6.07) is 6.42. The Kier molecular flexibility index (Phi) is 4.20. The van der Waals surface area contributed by atoms with E-state index in [0.717, 1.165) is 0 Å². The molecule has 102 valence electrons. The normalized spacial score (nSPS) is 12.6. The Balaban J connectivity index is 2.28. The summed E-state index contributed by atoms with van der Waals surface area (Å²) in [6.45, 7) is -2.67. The molecule has 1 aromatic heterocycles. The number of nitrogens with zero attached hydrogens (tertiary/aromatic N) is 3. The Labute approximate surface area is 110 Å². The van der Waals surface area contributed by atoms with Gasteiger partial charge in [0.05, 0.1) is 17.3 Å². The number of rotatable bonds is 5. The van der Waals surface area contributed by atoms with Crippen LogP contribution in [-0.2, 0) is 17.3 Å². The summed E-state index contributed by atoms with van der Waals surface area (Å²) in [4.78, 5) is 0. The van der Waals surface area contributed by atoms with E-state index in [2.05, 4.69) is 14.9 Å². The smallest absolute Gasteiger partial charge is 0.387 e. The van der Waals surface area contributed by atoms with Crippen molar-refractivity contribution in [2.24, 2.45) is 0 Å². The van der Waals surface area contributed by atoms with E-state index in [1.165, 1.54) is 23.2 Å². The van der Waals surface area contributed by atoms with Crippen LogP contribution in [0.5, 0.6) is 5.75 Å². The minimum Gasteiger partial charge on any atom is -0.434 e. The molecule has 0 aliphatic rings. The van der Waals surface area contributed by atoms with Crippen LogP contribution >= 0.6 is 0 Å². The maximum atomic E-state index is 12.3. The summed E-state index contributed by atoms with van der Waals surface area (Å²) >= 11 is 0. The van der Waals surface area contributed by atoms with Crippen LogP contribution in [0.4, 0.5) is 8.78 Å². The van der Waals surface area contributed by atoms with E-state index in [-0.39, 0.29) is 17.5 Å². The maximum absolute atomic E-state index is 12.3. The summed E-state index contributed by atoms with van der Waals surface area (Å²) in [5, 5.41) is 7.67. The fraction of sp³-hybridized carbons (Fsp3) is 0.273. The topological polar surface area (TPSA) is 57.0 Å². The van der Waals surface area contributed by atoms with Gasteiger partial charge in [-0.2, -0.15) is 8.78 Å². The third-order valence-electron chi connectivity index (χ3n) is 2.37. The second kappa shape index (κ2) is 5.87. The molecular formula is C11H11F2N3O2S. The van der Waals surface area contributed by atoms with E-state index in [9.17, 15) is 13.0 Å². The highest BCUT2D eigenvalue weighted by molar-refractivity contribution is 7.84. The highest BCUT2D eigenvalue weighted by Gasteiger charge is 2.13. The molecule has 1 heterocycles. The zero-order chi connectivity index (χ0) is 13.8. The van der Waals surface area contributed by atoms with Crippen LogP contribution in [0.1, 0.15) is 5.56 Å². The molecule has 0 bridgehead atoms. The van der Waals surface area contributed by atoms with E-state index < -0.39 is 17.4 Å². The van der Waals surface area contributed by atoms with Crippen LogP contribution in [0.2, 0.25) is 0 Å². The van der Waals surface area contributed by atoms with Crippen LogP contribution in [0, 0.1) is 0 Å². The highest BCUT2D eigenvalue weighted by Crippen LogP contribution is 2.21. The van der Waals surface area contributed by atoms with E-state index >= 15 is 0 Å². The molecule has 1 aromatic carbocycles. The summed E-state index contributed by atoms with van der Waals surface area (Å²) in [6.07, 6.45) is 2.87. The Morgan fingerprint density at radius 1 is 1.42 bits per heavy atom. The van der Waals surface area contributed by atoms with Gasteiger partial charge in [-0.3, -0.25) is 4.21 Å². The minimum atomic E-state index is -2.89. The molecule has 8 heteroatoms. The predicted molar refractivity (Wildman–Crippen MR) is 64.5 cm³/mol. The number of alkyl halides is 2. The Hall–Kier alpha value is -1.83. The van der Waals surface area contributed by atoms with Gasteiger partial charge < -0.3 is 9.30 Å². The van der Waals surface area contributed by atoms with E-state index in [1.54, 1.807) is 18.2 Å². The fourth-order valence-corrected chi connectivity index (χ4v) is 2.21. The molecule has 2 aromatic rings. The van der Waals surface area contributed by atoms with Crippen molar-refractivity contribution < 1.29 is 17.7 Å². The summed E-state index contributed by atoms with van der Waals surface area (Å²) in [5.41, 5.74) is 0.536. The summed E-state index contributed by atoms with van der Waals surface area (Å²) in [5.74, 6) is 0.0824. The molecule has 5 nitrogen and oxygen atoms in total. The van der Waals surface area contributed by atoms with Crippen LogP contribution in [0.3, 0.4) is 0 Å². The lowest BCUT2D eigenvalue weighted by Crippen LogP contribution is -2.09. The molecule has 2 rings (SSSR count). The first-order valence-corrected chi connectivity index (χ1v) is 6.87.